The molecule has 192 valence electrons. The number of benzene rings is 2. The number of ether oxygens (including phenoxy) is 1. The lowest BCUT2D eigenvalue weighted by atomic mass is 9.99. The Labute approximate surface area is 220 Å². The van der Waals surface area contributed by atoms with Crippen LogP contribution >= 0.6 is 11.6 Å². The number of hydrogen-bond acceptors (Lipinski definition) is 8. The number of fused-ring (bicyclic) bond motifs is 2. The van der Waals surface area contributed by atoms with Crippen molar-refractivity contribution < 1.29 is 17.9 Å². The van der Waals surface area contributed by atoms with Crippen LogP contribution in [-0.4, -0.2) is 61.2 Å². The molecular formula is C26H26ClN5O4S. The van der Waals surface area contributed by atoms with Gasteiger partial charge in [0.15, 0.2) is 15.7 Å². The van der Waals surface area contributed by atoms with Crippen LogP contribution in [0.4, 0.5) is 17.5 Å². The third kappa shape index (κ3) is 4.71. The highest BCUT2D eigenvalue weighted by Crippen LogP contribution is 2.35. The van der Waals surface area contributed by atoms with Crippen molar-refractivity contribution in [3.8, 4) is 5.75 Å². The maximum Gasteiger partial charge on any atom is 0.227 e. The summed E-state index contributed by atoms with van der Waals surface area (Å²) in [4.78, 5) is 25.2. The maximum absolute atomic E-state index is 13.0. The van der Waals surface area contributed by atoms with Crippen LogP contribution < -0.4 is 15.0 Å². The van der Waals surface area contributed by atoms with E-state index in [1.807, 2.05) is 35.2 Å². The number of rotatable bonds is 5. The number of likely N-dealkylation sites (N-methyl/N-ethyl adjacent to an activating group) is 1. The molecule has 4 heterocycles. The molecule has 1 amide bonds. The summed E-state index contributed by atoms with van der Waals surface area (Å²) in [5.41, 5.74) is 3.29. The van der Waals surface area contributed by atoms with Crippen molar-refractivity contribution in [3.63, 3.8) is 0 Å². The Morgan fingerprint density at radius 2 is 1.86 bits per heavy atom. The summed E-state index contributed by atoms with van der Waals surface area (Å²) >= 11 is 5.95. The second-order valence-electron chi connectivity index (χ2n) is 9.70. The Balaban J connectivity index is 1.27. The molecule has 3 aliphatic rings. The highest BCUT2D eigenvalue weighted by atomic mass is 35.5. The first-order chi connectivity index (χ1) is 17.7. The zero-order valence-corrected chi connectivity index (χ0v) is 21.8. The van der Waals surface area contributed by atoms with Crippen LogP contribution in [0.2, 0.25) is 5.02 Å². The zero-order valence-electron chi connectivity index (χ0n) is 20.3. The second-order valence-corrected chi connectivity index (χ2v) is 12.2. The van der Waals surface area contributed by atoms with E-state index in [0.29, 0.717) is 61.4 Å². The van der Waals surface area contributed by atoms with Crippen LogP contribution in [0.15, 0.2) is 47.4 Å². The molecule has 9 nitrogen and oxygen atoms in total. The third-order valence-electron chi connectivity index (χ3n) is 6.95. The lowest BCUT2D eigenvalue weighted by Gasteiger charge is -2.39. The summed E-state index contributed by atoms with van der Waals surface area (Å²) in [5, 5.41) is 3.91. The van der Waals surface area contributed by atoms with Crippen LogP contribution in [0.1, 0.15) is 23.2 Å². The van der Waals surface area contributed by atoms with E-state index in [0.717, 1.165) is 22.6 Å². The Morgan fingerprint density at radius 1 is 1.08 bits per heavy atom. The minimum absolute atomic E-state index is 0.0266. The van der Waals surface area contributed by atoms with Gasteiger partial charge in [0.2, 0.25) is 11.9 Å². The topological polar surface area (TPSA) is 105 Å². The van der Waals surface area contributed by atoms with E-state index >= 15 is 0 Å². The molecular weight excluding hydrogens is 514 g/mol. The van der Waals surface area contributed by atoms with Gasteiger partial charge in [-0.2, -0.15) is 4.98 Å². The maximum atomic E-state index is 13.0. The molecule has 0 unspecified atom stereocenters. The average molecular weight is 540 g/mol. The molecule has 2 aromatic carbocycles. The molecule has 3 aromatic rings. The van der Waals surface area contributed by atoms with Gasteiger partial charge in [-0.25, -0.2) is 13.4 Å². The van der Waals surface area contributed by atoms with Gasteiger partial charge in [-0.1, -0.05) is 17.7 Å². The van der Waals surface area contributed by atoms with Gasteiger partial charge in [-0.05, 0) is 60.4 Å². The highest BCUT2D eigenvalue weighted by Gasteiger charge is 2.35. The first-order valence-electron chi connectivity index (χ1n) is 12.2. The number of halogens is 1. The summed E-state index contributed by atoms with van der Waals surface area (Å²) in [6.07, 6.45) is 1.45. The molecule has 11 heteroatoms. The molecule has 0 bridgehead atoms. The first kappa shape index (κ1) is 24.0. The number of carbonyl (C=O) groups is 1. The van der Waals surface area contributed by atoms with Crippen molar-refractivity contribution in [2.24, 2.45) is 0 Å². The number of hydrogen-bond donors (Lipinski definition) is 1. The minimum atomic E-state index is -3.51. The Kier molecular flexibility index (Phi) is 5.95. The number of anilines is 3. The zero-order chi connectivity index (χ0) is 25.7. The Morgan fingerprint density at radius 3 is 2.65 bits per heavy atom. The minimum Gasteiger partial charge on any atom is -0.487 e. The first-order valence-corrected chi connectivity index (χ1v) is 14.2. The summed E-state index contributed by atoms with van der Waals surface area (Å²) in [7, 11) is -1.73. The molecule has 6 rings (SSSR count). The predicted molar refractivity (Wildman–Crippen MR) is 140 cm³/mol. The summed E-state index contributed by atoms with van der Waals surface area (Å²) in [6.45, 7) is 1.69. The smallest absolute Gasteiger partial charge is 0.227 e. The molecule has 1 fully saturated rings. The van der Waals surface area contributed by atoms with E-state index in [1.54, 1.807) is 24.1 Å². The van der Waals surface area contributed by atoms with Gasteiger partial charge in [0, 0.05) is 24.3 Å². The SMILES string of the molecule is CN1Cc2cc(Nc3nc(N4CC(Oc5ccc(Cl)cc5)C4)nc4c3S(=O)(=O)CCC4)ccc2CC1=O. The molecule has 1 N–H and O–H groups in total. The van der Waals surface area contributed by atoms with Gasteiger partial charge in [-0.3, -0.25) is 4.79 Å². The van der Waals surface area contributed by atoms with Crippen LogP contribution in [0.5, 0.6) is 5.75 Å². The van der Waals surface area contributed by atoms with E-state index < -0.39 is 9.84 Å². The number of aromatic nitrogens is 2. The molecule has 0 spiro atoms. The normalized spacial score (nSPS) is 18.6. The van der Waals surface area contributed by atoms with E-state index in [1.165, 1.54) is 0 Å². The number of nitrogens with one attached hydrogen (secondary N) is 1. The van der Waals surface area contributed by atoms with Crippen molar-refractivity contribution >= 4 is 44.8 Å². The lowest BCUT2D eigenvalue weighted by Crippen LogP contribution is -2.54. The van der Waals surface area contributed by atoms with Crippen LogP contribution in [0, 0.1) is 0 Å². The van der Waals surface area contributed by atoms with Gasteiger partial charge >= 0.3 is 0 Å². The molecule has 1 aromatic heterocycles. The van der Waals surface area contributed by atoms with Crippen LogP contribution in [0.3, 0.4) is 0 Å². The average Bonchev–Trinajstić information content (AvgIpc) is 2.82. The van der Waals surface area contributed by atoms with Crippen molar-refractivity contribution in [1.82, 2.24) is 14.9 Å². The lowest BCUT2D eigenvalue weighted by molar-refractivity contribution is -0.130. The molecule has 37 heavy (non-hydrogen) atoms. The van der Waals surface area contributed by atoms with Crippen LogP contribution in [0.25, 0.3) is 0 Å². The number of sulfone groups is 1. The number of aryl methyl sites for hydroxylation is 1. The monoisotopic (exact) mass is 539 g/mol. The summed E-state index contributed by atoms with van der Waals surface area (Å²) in [5.74, 6) is 1.68. The quantitative estimate of drug-likeness (QED) is 0.526. The van der Waals surface area contributed by atoms with E-state index in [-0.39, 0.29) is 22.7 Å². The van der Waals surface area contributed by atoms with Crippen LogP contribution in [-0.2, 0) is 34.0 Å². The van der Waals surface area contributed by atoms with Gasteiger partial charge < -0.3 is 19.9 Å². The fraction of sp³-hybridized carbons (Fsp3) is 0.346. The summed E-state index contributed by atoms with van der Waals surface area (Å²) < 4.78 is 32.1. The van der Waals surface area contributed by atoms with Crippen molar-refractivity contribution in [2.45, 2.75) is 36.8 Å². The standard InChI is InChI=1S/C26H26ClN5O4S/c1-31-13-17-11-19(7-4-16(17)12-23(31)33)28-25-24-22(3-2-10-37(24,34)35)29-26(30-25)32-14-21(15-32)36-20-8-5-18(27)6-9-20/h4-9,11,21H,2-3,10,12-15H2,1H3,(H,28,29,30). The summed E-state index contributed by atoms with van der Waals surface area (Å²) in [6, 6.07) is 13.0. The highest BCUT2D eigenvalue weighted by molar-refractivity contribution is 7.91. The fourth-order valence-electron chi connectivity index (χ4n) is 4.92. The van der Waals surface area contributed by atoms with Gasteiger partial charge in [0.05, 0.1) is 31.0 Å². The number of nitrogens with zero attached hydrogens (tertiary/aromatic N) is 4. The largest absolute Gasteiger partial charge is 0.487 e. The van der Waals surface area contributed by atoms with E-state index in [9.17, 15) is 13.2 Å². The fourth-order valence-corrected chi connectivity index (χ4v) is 6.67. The Bertz CT molecular complexity index is 1490. The van der Waals surface area contributed by atoms with E-state index in [4.69, 9.17) is 16.3 Å². The van der Waals surface area contributed by atoms with Gasteiger partial charge in [-0.15, -0.1) is 0 Å². The third-order valence-corrected chi connectivity index (χ3v) is 9.08. The van der Waals surface area contributed by atoms with E-state index in [2.05, 4.69) is 15.3 Å². The van der Waals surface area contributed by atoms with Crippen molar-refractivity contribution in [3.05, 3.63) is 64.3 Å². The number of amides is 1. The molecule has 0 radical (unpaired) electrons. The van der Waals surface area contributed by atoms with Crippen molar-refractivity contribution in [2.75, 3.05) is 36.1 Å². The van der Waals surface area contributed by atoms with Crippen molar-refractivity contribution in [1.29, 1.82) is 0 Å². The number of carbonyl (C=O) groups excluding carboxylic acids is 1. The van der Waals surface area contributed by atoms with Gasteiger partial charge in [0.1, 0.15) is 16.7 Å². The van der Waals surface area contributed by atoms with Gasteiger partial charge in [0.25, 0.3) is 0 Å². The molecule has 0 aliphatic carbocycles. The molecule has 1 saturated heterocycles. The Hall–Kier alpha value is -3.37. The molecule has 3 aliphatic heterocycles. The molecule has 0 saturated carbocycles. The predicted octanol–water partition coefficient (Wildman–Crippen LogP) is 3.38. The molecule has 0 atom stereocenters. The second kappa shape index (κ2) is 9.18.